The van der Waals surface area contributed by atoms with E-state index in [0.29, 0.717) is 49.2 Å². The van der Waals surface area contributed by atoms with E-state index in [0.717, 1.165) is 11.3 Å². The van der Waals surface area contributed by atoms with Gasteiger partial charge in [0.05, 0.1) is 34.9 Å². The molecule has 2 aromatic rings. The molecule has 2 N–H and O–H groups in total. The fourth-order valence-corrected chi connectivity index (χ4v) is 5.15. The van der Waals surface area contributed by atoms with E-state index in [4.69, 9.17) is 16.3 Å². The van der Waals surface area contributed by atoms with E-state index in [1.54, 1.807) is 24.3 Å². The molecular weight excluding hydrogens is 441 g/mol. The normalized spacial score (nSPS) is 21.5. The van der Waals surface area contributed by atoms with E-state index in [1.165, 1.54) is 23.9 Å². The highest BCUT2D eigenvalue weighted by molar-refractivity contribution is 8.00. The van der Waals surface area contributed by atoms with Crippen LogP contribution in [-0.4, -0.2) is 55.2 Å². The maximum atomic E-state index is 13.1. The zero-order valence-corrected chi connectivity index (χ0v) is 18.3. The SMILES string of the molecule is O=C1N[C@@H](C(=O)Nc2cccc(Cl)c2N2CCOCC2)CS[C@H]1Cc1ccc(F)cc1. The first-order valence-corrected chi connectivity index (χ1v) is 11.5. The smallest absolute Gasteiger partial charge is 0.247 e. The quantitative estimate of drug-likeness (QED) is 0.713. The fraction of sp³-hybridized carbons (Fsp3) is 0.364. The van der Waals surface area contributed by atoms with Crippen molar-refractivity contribution in [2.45, 2.75) is 17.7 Å². The van der Waals surface area contributed by atoms with Gasteiger partial charge in [0.2, 0.25) is 11.8 Å². The number of amides is 2. The average Bonchev–Trinajstić information content (AvgIpc) is 2.77. The maximum Gasteiger partial charge on any atom is 0.247 e. The molecule has 6 nitrogen and oxygen atoms in total. The number of hydrogen-bond acceptors (Lipinski definition) is 5. The van der Waals surface area contributed by atoms with Crippen LogP contribution in [0.15, 0.2) is 42.5 Å². The van der Waals surface area contributed by atoms with Gasteiger partial charge in [0.1, 0.15) is 11.9 Å². The van der Waals surface area contributed by atoms with Crippen molar-refractivity contribution in [3.8, 4) is 0 Å². The number of nitrogens with zero attached hydrogens (tertiary/aromatic N) is 1. The third kappa shape index (κ3) is 5.31. The second-order valence-corrected chi connectivity index (χ2v) is 9.08. The van der Waals surface area contributed by atoms with Crippen LogP contribution in [0.4, 0.5) is 15.8 Å². The first-order valence-electron chi connectivity index (χ1n) is 10.1. The average molecular weight is 464 g/mol. The van der Waals surface area contributed by atoms with Gasteiger partial charge in [-0.1, -0.05) is 29.8 Å². The number of rotatable bonds is 5. The van der Waals surface area contributed by atoms with Crippen LogP contribution < -0.4 is 15.5 Å². The third-order valence-electron chi connectivity index (χ3n) is 5.30. The van der Waals surface area contributed by atoms with E-state index < -0.39 is 6.04 Å². The number of morpholine rings is 1. The van der Waals surface area contributed by atoms with Gasteiger partial charge in [-0.3, -0.25) is 9.59 Å². The van der Waals surface area contributed by atoms with Gasteiger partial charge in [-0.05, 0) is 36.2 Å². The fourth-order valence-electron chi connectivity index (χ4n) is 3.67. The highest BCUT2D eigenvalue weighted by Crippen LogP contribution is 2.35. The lowest BCUT2D eigenvalue weighted by Gasteiger charge is -2.32. The summed E-state index contributed by atoms with van der Waals surface area (Å²) in [7, 11) is 0. The monoisotopic (exact) mass is 463 g/mol. The summed E-state index contributed by atoms with van der Waals surface area (Å²) in [6, 6.07) is 10.9. The van der Waals surface area contributed by atoms with Crippen LogP contribution in [0.1, 0.15) is 5.56 Å². The van der Waals surface area contributed by atoms with Crippen molar-refractivity contribution < 1.29 is 18.7 Å². The van der Waals surface area contributed by atoms with Crippen molar-refractivity contribution in [3.63, 3.8) is 0 Å². The lowest BCUT2D eigenvalue weighted by Crippen LogP contribution is -2.53. The molecule has 4 rings (SSSR count). The van der Waals surface area contributed by atoms with Crippen molar-refractivity contribution >= 4 is 46.6 Å². The number of hydrogen-bond donors (Lipinski definition) is 2. The number of anilines is 2. The van der Waals surface area contributed by atoms with Gasteiger partial charge < -0.3 is 20.3 Å². The standard InChI is InChI=1S/C22H23ClFN3O3S/c23-16-2-1-3-17(20(16)27-8-10-30-11-9-27)25-21(28)18-13-31-19(22(29)26-18)12-14-4-6-15(24)7-5-14/h1-7,18-19H,8-13H2,(H,25,28)(H,26,29)/t18-,19+/m1/s1. The summed E-state index contributed by atoms with van der Waals surface area (Å²) < 4.78 is 18.5. The molecule has 2 fully saturated rings. The number of carbonyl (C=O) groups is 2. The molecule has 0 unspecified atom stereocenters. The Hall–Kier alpha value is -2.29. The predicted molar refractivity (Wildman–Crippen MR) is 121 cm³/mol. The van der Waals surface area contributed by atoms with E-state index in [9.17, 15) is 14.0 Å². The molecule has 164 valence electrons. The van der Waals surface area contributed by atoms with Crippen LogP contribution in [0.2, 0.25) is 5.02 Å². The number of ether oxygens (including phenoxy) is 1. The zero-order valence-electron chi connectivity index (χ0n) is 16.8. The first-order chi connectivity index (χ1) is 15.0. The van der Waals surface area contributed by atoms with Crippen molar-refractivity contribution in [1.29, 1.82) is 0 Å². The second-order valence-electron chi connectivity index (χ2n) is 7.44. The Labute approximate surface area is 189 Å². The Balaban J connectivity index is 1.39. The molecule has 0 radical (unpaired) electrons. The van der Waals surface area contributed by atoms with Crippen LogP contribution >= 0.6 is 23.4 Å². The van der Waals surface area contributed by atoms with E-state index in [2.05, 4.69) is 15.5 Å². The Morgan fingerprint density at radius 2 is 1.97 bits per heavy atom. The predicted octanol–water partition coefficient (Wildman–Crippen LogP) is 3.10. The molecule has 9 heteroatoms. The van der Waals surface area contributed by atoms with Crippen LogP contribution in [0.3, 0.4) is 0 Å². The summed E-state index contributed by atoms with van der Waals surface area (Å²) >= 11 is 7.86. The molecule has 2 atom stereocenters. The minimum absolute atomic E-state index is 0.194. The van der Waals surface area contributed by atoms with Gasteiger partial charge >= 0.3 is 0 Å². The Kier molecular flexibility index (Phi) is 6.99. The highest BCUT2D eigenvalue weighted by Gasteiger charge is 2.33. The minimum Gasteiger partial charge on any atom is -0.378 e. The van der Waals surface area contributed by atoms with Gasteiger partial charge in [-0.2, -0.15) is 0 Å². The summed E-state index contributed by atoms with van der Waals surface area (Å²) in [4.78, 5) is 27.6. The van der Waals surface area contributed by atoms with Gasteiger partial charge in [0.15, 0.2) is 0 Å². The molecule has 0 aromatic heterocycles. The van der Waals surface area contributed by atoms with Crippen molar-refractivity contribution in [2.75, 3.05) is 42.3 Å². The minimum atomic E-state index is -0.640. The summed E-state index contributed by atoms with van der Waals surface area (Å²) in [5.41, 5.74) is 2.27. The highest BCUT2D eigenvalue weighted by atomic mass is 35.5. The molecule has 2 heterocycles. The molecule has 2 saturated heterocycles. The molecule has 0 saturated carbocycles. The van der Waals surface area contributed by atoms with E-state index in [1.807, 2.05) is 6.07 Å². The van der Waals surface area contributed by atoms with Gasteiger partial charge in [-0.15, -0.1) is 11.8 Å². The van der Waals surface area contributed by atoms with E-state index in [-0.39, 0.29) is 22.9 Å². The maximum absolute atomic E-state index is 13.1. The van der Waals surface area contributed by atoms with Gasteiger partial charge in [-0.25, -0.2) is 4.39 Å². The third-order valence-corrected chi connectivity index (χ3v) is 6.91. The summed E-state index contributed by atoms with van der Waals surface area (Å²) in [6.07, 6.45) is 0.487. The summed E-state index contributed by atoms with van der Waals surface area (Å²) in [5.74, 6) is -0.326. The summed E-state index contributed by atoms with van der Waals surface area (Å²) in [6.45, 7) is 2.58. The number of benzene rings is 2. The number of para-hydroxylation sites is 1. The number of thioether (sulfide) groups is 1. The molecule has 2 aliphatic rings. The largest absolute Gasteiger partial charge is 0.378 e. The Morgan fingerprint density at radius 1 is 1.23 bits per heavy atom. The lowest BCUT2D eigenvalue weighted by molar-refractivity contribution is -0.126. The van der Waals surface area contributed by atoms with Crippen LogP contribution in [0, 0.1) is 5.82 Å². The molecule has 2 amide bonds. The zero-order chi connectivity index (χ0) is 21.8. The lowest BCUT2D eigenvalue weighted by atomic mass is 10.1. The Bertz CT molecular complexity index is 954. The summed E-state index contributed by atoms with van der Waals surface area (Å²) in [5, 5.41) is 5.99. The molecule has 0 spiro atoms. The molecular formula is C22H23ClFN3O3S. The van der Waals surface area contributed by atoms with E-state index >= 15 is 0 Å². The van der Waals surface area contributed by atoms with Gasteiger partial charge in [0.25, 0.3) is 0 Å². The number of halogens is 2. The second kappa shape index (κ2) is 9.89. The number of nitrogens with one attached hydrogen (secondary N) is 2. The molecule has 0 aliphatic carbocycles. The Morgan fingerprint density at radius 3 is 2.68 bits per heavy atom. The number of carbonyl (C=O) groups excluding carboxylic acids is 2. The molecule has 31 heavy (non-hydrogen) atoms. The van der Waals surface area contributed by atoms with Crippen LogP contribution in [-0.2, 0) is 20.7 Å². The molecule has 0 bridgehead atoms. The first kappa shape index (κ1) is 21.9. The van der Waals surface area contributed by atoms with Crippen molar-refractivity contribution in [1.82, 2.24) is 5.32 Å². The van der Waals surface area contributed by atoms with Crippen molar-refractivity contribution in [2.24, 2.45) is 0 Å². The van der Waals surface area contributed by atoms with Gasteiger partial charge in [0, 0.05) is 18.8 Å². The van der Waals surface area contributed by atoms with Crippen LogP contribution in [0.5, 0.6) is 0 Å². The van der Waals surface area contributed by atoms with Crippen molar-refractivity contribution in [3.05, 3.63) is 58.9 Å². The topological polar surface area (TPSA) is 70.7 Å². The molecule has 2 aliphatic heterocycles. The van der Waals surface area contributed by atoms with Crippen LogP contribution in [0.25, 0.3) is 0 Å². The molecule has 2 aromatic carbocycles.